The van der Waals surface area contributed by atoms with Crippen LogP contribution in [0.5, 0.6) is 0 Å². The number of aliphatic hydroxyl groups is 1. The van der Waals surface area contributed by atoms with Gasteiger partial charge < -0.3 is 10.0 Å². The molecule has 70 valence electrons. The molecule has 1 aliphatic heterocycles. The third-order valence-corrected chi connectivity index (χ3v) is 2.25. The predicted octanol–water partition coefficient (Wildman–Crippen LogP) is 0.626. The number of piperidine rings is 1. The van der Waals surface area contributed by atoms with Crippen molar-refractivity contribution in [2.75, 3.05) is 13.1 Å². The van der Waals surface area contributed by atoms with Crippen LogP contribution in [0.15, 0.2) is 0 Å². The van der Waals surface area contributed by atoms with E-state index in [0.717, 1.165) is 13.0 Å². The first kappa shape index (κ1) is 9.52. The minimum atomic E-state index is -0.401. The summed E-state index contributed by atoms with van der Waals surface area (Å²) < 4.78 is 0. The zero-order valence-corrected chi connectivity index (χ0v) is 7.79. The van der Waals surface area contributed by atoms with E-state index >= 15 is 0 Å². The molecule has 2 unspecified atom stereocenters. The molecule has 12 heavy (non-hydrogen) atoms. The van der Waals surface area contributed by atoms with Gasteiger partial charge in [0.1, 0.15) is 0 Å². The van der Waals surface area contributed by atoms with E-state index in [1.54, 1.807) is 11.8 Å². The van der Waals surface area contributed by atoms with Gasteiger partial charge in [0.2, 0.25) is 5.91 Å². The number of hydrogen-bond acceptors (Lipinski definition) is 2. The molecular weight excluding hydrogens is 154 g/mol. The Labute approximate surface area is 73.4 Å². The van der Waals surface area contributed by atoms with E-state index in [0.29, 0.717) is 18.9 Å². The maximum atomic E-state index is 11.4. The summed E-state index contributed by atoms with van der Waals surface area (Å²) in [7, 11) is 0. The predicted molar refractivity (Wildman–Crippen MR) is 46.7 cm³/mol. The standard InChI is InChI=1S/C9H17NO2/c1-7-3-4-10(6-8(2)11)9(12)5-7/h7-8,11H,3-6H2,1-2H3. The number of amides is 1. The molecule has 0 aromatic carbocycles. The summed E-state index contributed by atoms with van der Waals surface area (Å²) in [4.78, 5) is 13.1. The van der Waals surface area contributed by atoms with Crippen LogP contribution in [-0.2, 0) is 4.79 Å². The van der Waals surface area contributed by atoms with Crippen LogP contribution in [0.2, 0.25) is 0 Å². The number of rotatable bonds is 2. The Morgan fingerprint density at radius 3 is 2.92 bits per heavy atom. The largest absolute Gasteiger partial charge is 0.392 e. The molecule has 0 saturated carbocycles. The normalized spacial score (nSPS) is 27.4. The van der Waals surface area contributed by atoms with Crippen molar-refractivity contribution < 1.29 is 9.90 Å². The molecule has 1 rings (SSSR count). The fourth-order valence-electron chi connectivity index (χ4n) is 1.54. The summed E-state index contributed by atoms with van der Waals surface area (Å²) >= 11 is 0. The monoisotopic (exact) mass is 171 g/mol. The van der Waals surface area contributed by atoms with Gasteiger partial charge in [0.05, 0.1) is 6.10 Å². The number of hydrogen-bond donors (Lipinski definition) is 1. The van der Waals surface area contributed by atoms with Gasteiger partial charge in [0.25, 0.3) is 0 Å². The molecule has 3 nitrogen and oxygen atoms in total. The van der Waals surface area contributed by atoms with Gasteiger partial charge in [-0.15, -0.1) is 0 Å². The summed E-state index contributed by atoms with van der Waals surface area (Å²) in [6.07, 6.45) is 1.31. The molecule has 1 aliphatic rings. The first-order chi connectivity index (χ1) is 5.59. The van der Waals surface area contributed by atoms with Crippen LogP contribution < -0.4 is 0 Å². The van der Waals surface area contributed by atoms with Crippen molar-refractivity contribution in [1.82, 2.24) is 4.90 Å². The SMILES string of the molecule is CC(O)CN1CCC(C)CC1=O. The summed E-state index contributed by atoms with van der Waals surface area (Å²) in [5.41, 5.74) is 0. The van der Waals surface area contributed by atoms with Gasteiger partial charge in [-0.05, 0) is 19.3 Å². The van der Waals surface area contributed by atoms with Crippen LogP contribution in [0.4, 0.5) is 0 Å². The van der Waals surface area contributed by atoms with Crippen molar-refractivity contribution >= 4 is 5.91 Å². The Morgan fingerprint density at radius 1 is 1.75 bits per heavy atom. The van der Waals surface area contributed by atoms with E-state index < -0.39 is 6.10 Å². The van der Waals surface area contributed by atoms with Gasteiger partial charge in [-0.2, -0.15) is 0 Å². The minimum absolute atomic E-state index is 0.189. The summed E-state index contributed by atoms with van der Waals surface area (Å²) in [5, 5.41) is 9.09. The van der Waals surface area contributed by atoms with Crippen molar-refractivity contribution in [3.8, 4) is 0 Å². The molecule has 1 saturated heterocycles. The van der Waals surface area contributed by atoms with Crippen LogP contribution in [0.25, 0.3) is 0 Å². The second kappa shape index (κ2) is 3.90. The Hall–Kier alpha value is -0.570. The lowest BCUT2D eigenvalue weighted by Gasteiger charge is -2.30. The molecular formula is C9H17NO2. The quantitative estimate of drug-likeness (QED) is 0.662. The van der Waals surface area contributed by atoms with E-state index in [2.05, 4.69) is 6.92 Å². The first-order valence-electron chi connectivity index (χ1n) is 4.55. The van der Waals surface area contributed by atoms with Gasteiger partial charge in [-0.1, -0.05) is 6.92 Å². The fraction of sp³-hybridized carbons (Fsp3) is 0.889. The van der Waals surface area contributed by atoms with Crippen molar-refractivity contribution in [2.45, 2.75) is 32.8 Å². The molecule has 0 aromatic heterocycles. The average molecular weight is 171 g/mol. The maximum Gasteiger partial charge on any atom is 0.222 e. The smallest absolute Gasteiger partial charge is 0.222 e. The Kier molecular flexibility index (Phi) is 3.09. The molecule has 1 N–H and O–H groups in total. The molecule has 0 aromatic rings. The summed E-state index contributed by atoms with van der Waals surface area (Å²) in [5.74, 6) is 0.706. The second-order valence-electron chi connectivity index (χ2n) is 3.79. The number of likely N-dealkylation sites (tertiary alicyclic amines) is 1. The highest BCUT2D eigenvalue weighted by molar-refractivity contribution is 5.77. The average Bonchev–Trinajstić information content (AvgIpc) is 1.94. The third-order valence-electron chi connectivity index (χ3n) is 2.25. The van der Waals surface area contributed by atoms with Crippen molar-refractivity contribution in [3.05, 3.63) is 0 Å². The van der Waals surface area contributed by atoms with E-state index in [-0.39, 0.29) is 5.91 Å². The number of carbonyl (C=O) groups excluding carboxylic acids is 1. The molecule has 2 atom stereocenters. The first-order valence-corrected chi connectivity index (χ1v) is 4.55. The topological polar surface area (TPSA) is 40.5 Å². The highest BCUT2D eigenvalue weighted by Crippen LogP contribution is 2.17. The Morgan fingerprint density at radius 2 is 2.42 bits per heavy atom. The lowest BCUT2D eigenvalue weighted by Crippen LogP contribution is -2.41. The van der Waals surface area contributed by atoms with Crippen LogP contribution in [0.1, 0.15) is 26.7 Å². The van der Waals surface area contributed by atoms with Gasteiger partial charge >= 0.3 is 0 Å². The third kappa shape index (κ3) is 2.48. The number of β-amino-alcohol motifs (C(OH)–C–C–N with tert-alkyl or cyclic N) is 1. The zero-order valence-electron chi connectivity index (χ0n) is 7.79. The summed E-state index contributed by atoms with van der Waals surface area (Å²) in [6, 6.07) is 0. The molecule has 3 heteroatoms. The van der Waals surface area contributed by atoms with Crippen molar-refractivity contribution in [2.24, 2.45) is 5.92 Å². The van der Waals surface area contributed by atoms with Gasteiger partial charge in [0, 0.05) is 19.5 Å². The number of aliphatic hydroxyl groups excluding tert-OH is 1. The molecule has 0 radical (unpaired) electrons. The molecule has 0 bridgehead atoms. The van der Waals surface area contributed by atoms with Crippen molar-refractivity contribution in [3.63, 3.8) is 0 Å². The fourth-order valence-corrected chi connectivity index (χ4v) is 1.54. The van der Waals surface area contributed by atoms with Crippen LogP contribution in [-0.4, -0.2) is 35.1 Å². The molecule has 1 fully saturated rings. The van der Waals surface area contributed by atoms with Gasteiger partial charge in [-0.25, -0.2) is 0 Å². The van der Waals surface area contributed by atoms with E-state index in [1.807, 2.05) is 0 Å². The summed E-state index contributed by atoms with van der Waals surface area (Å²) in [6.45, 7) is 5.11. The Bertz CT molecular complexity index is 168. The Balaban J connectivity index is 2.40. The lowest BCUT2D eigenvalue weighted by molar-refractivity contribution is -0.136. The molecule has 0 aliphatic carbocycles. The number of nitrogens with zero attached hydrogens (tertiary/aromatic N) is 1. The molecule has 1 heterocycles. The van der Waals surface area contributed by atoms with Crippen LogP contribution >= 0.6 is 0 Å². The number of carbonyl (C=O) groups is 1. The minimum Gasteiger partial charge on any atom is -0.392 e. The highest BCUT2D eigenvalue weighted by Gasteiger charge is 2.23. The van der Waals surface area contributed by atoms with Crippen LogP contribution in [0, 0.1) is 5.92 Å². The van der Waals surface area contributed by atoms with E-state index in [4.69, 9.17) is 5.11 Å². The highest BCUT2D eigenvalue weighted by atomic mass is 16.3. The molecule has 0 spiro atoms. The van der Waals surface area contributed by atoms with Crippen molar-refractivity contribution in [1.29, 1.82) is 0 Å². The second-order valence-corrected chi connectivity index (χ2v) is 3.79. The van der Waals surface area contributed by atoms with Gasteiger partial charge in [0.15, 0.2) is 0 Å². The van der Waals surface area contributed by atoms with E-state index in [9.17, 15) is 4.79 Å². The van der Waals surface area contributed by atoms with Crippen LogP contribution in [0.3, 0.4) is 0 Å². The lowest BCUT2D eigenvalue weighted by atomic mass is 9.98. The van der Waals surface area contributed by atoms with E-state index in [1.165, 1.54) is 0 Å². The molecule has 1 amide bonds. The van der Waals surface area contributed by atoms with Gasteiger partial charge in [-0.3, -0.25) is 4.79 Å². The zero-order chi connectivity index (χ0) is 9.14. The maximum absolute atomic E-state index is 11.4.